The Morgan fingerprint density at radius 2 is 2.11 bits per heavy atom. The second-order valence-electron chi connectivity index (χ2n) is 3.58. The third kappa shape index (κ3) is 2.18. The first-order valence-electron chi connectivity index (χ1n) is 4.89. The van der Waals surface area contributed by atoms with E-state index in [1.165, 1.54) is 0 Å². The lowest BCUT2D eigenvalue weighted by molar-refractivity contribution is -0.137. The Morgan fingerprint density at radius 3 is 2.72 bits per heavy atom. The summed E-state index contributed by atoms with van der Waals surface area (Å²) in [5.74, 6) is 0.134. The van der Waals surface area contributed by atoms with Crippen molar-refractivity contribution in [1.29, 1.82) is 5.26 Å². The van der Waals surface area contributed by atoms with Crippen LogP contribution >= 0.6 is 0 Å². The van der Waals surface area contributed by atoms with E-state index in [4.69, 9.17) is 5.26 Å². The van der Waals surface area contributed by atoms with E-state index >= 15 is 0 Å². The number of alkyl halides is 3. The predicted octanol–water partition coefficient (Wildman–Crippen LogP) is 2.01. The minimum absolute atomic E-state index is 0.105. The van der Waals surface area contributed by atoms with Gasteiger partial charge in [-0.2, -0.15) is 18.4 Å². The maximum absolute atomic E-state index is 12.5. The van der Waals surface area contributed by atoms with Crippen LogP contribution in [0.15, 0.2) is 23.0 Å². The molecule has 0 spiro atoms. The van der Waals surface area contributed by atoms with Gasteiger partial charge in [0.25, 0.3) is 5.56 Å². The third-order valence-electron chi connectivity index (χ3n) is 2.33. The summed E-state index contributed by atoms with van der Waals surface area (Å²) >= 11 is 0. The molecule has 0 unspecified atom stereocenters. The van der Waals surface area contributed by atoms with Gasteiger partial charge in [0.15, 0.2) is 0 Å². The molecule has 0 radical (unpaired) electrons. The van der Waals surface area contributed by atoms with Crippen molar-refractivity contribution >= 4 is 10.9 Å². The summed E-state index contributed by atoms with van der Waals surface area (Å²) in [6.45, 7) is 0. The monoisotopic (exact) mass is 253 g/mol. The second-order valence-corrected chi connectivity index (χ2v) is 3.58. The molecule has 2 rings (SSSR count). The van der Waals surface area contributed by atoms with Gasteiger partial charge in [0.2, 0.25) is 0 Å². The van der Waals surface area contributed by atoms with Crippen LogP contribution in [0.2, 0.25) is 0 Å². The predicted molar refractivity (Wildman–Crippen MR) is 56.7 cm³/mol. The Morgan fingerprint density at radius 1 is 1.39 bits per heavy atom. The van der Waals surface area contributed by atoms with Gasteiger partial charge in [0.1, 0.15) is 5.82 Å². The van der Waals surface area contributed by atoms with E-state index in [-0.39, 0.29) is 23.1 Å². The molecule has 1 aromatic heterocycles. The van der Waals surface area contributed by atoms with Gasteiger partial charge in [-0.15, -0.1) is 0 Å². The Kier molecular flexibility index (Phi) is 2.79. The molecular weight excluding hydrogens is 247 g/mol. The van der Waals surface area contributed by atoms with Crippen LogP contribution in [0, 0.1) is 11.3 Å². The Bertz CT molecular complexity index is 697. The normalized spacial score (nSPS) is 11.4. The summed E-state index contributed by atoms with van der Waals surface area (Å²) < 4.78 is 37.4. The van der Waals surface area contributed by atoms with Gasteiger partial charge in [-0.1, -0.05) is 0 Å². The highest BCUT2D eigenvalue weighted by molar-refractivity contribution is 5.78. The van der Waals surface area contributed by atoms with E-state index in [1.54, 1.807) is 6.07 Å². The Balaban J connectivity index is 2.67. The van der Waals surface area contributed by atoms with Crippen LogP contribution < -0.4 is 5.56 Å². The summed E-state index contributed by atoms with van der Waals surface area (Å²) in [6, 6.07) is 4.52. The van der Waals surface area contributed by atoms with Gasteiger partial charge < -0.3 is 4.98 Å². The number of nitrogens with zero attached hydrogens (tertiary/aromatic N) is 2. The topological polar surface area (TPSA) is 69.5 Å². The smallest absolute Gasteiger partial charge is 0.309 e. The molecule has 0 atom stereocenters. The zero-order chi connectivity index (χ0) is 13.3. The summed E-state index contributed by atoms with van der Waals surface area (Å²) in [5.41, 5.74) is -1.45. The van der Waals surface area contributed by atoms with Crippen LogP contribution in [0.1, 0.15) is 11.4 Å². The fraction of sp³-hybridized carbons (Fsp3) is 0.182. The number of halogens is 3. The van der Waals surface area contributed by atoms with Gasteiger partial charge in [0.05, 0.1) is 29.0 Å². The number of hydrogen-bond donors (Lipinski definition) is 1. The molecule has 4 nitrogen and oxygen atoms in total. The van der Waals surface area contributed by atoms with Crippen molar-refractivity contribution in [3.63, 3.8) is 0 Å². The number of fused-ring (bicyclic) bond motifs is 1. The average molecular weight is 253 g/mol. The van der Waals surface area contributed by atoms with E-state index in [1.807, 2.05) is 0 Å². The number of aromatic amines is 1. The second kappa shape index (κ2) is 4.14. The number of H-pyrrole nitrogens is 1. The van der Waals surface area contributed by atoms with Gasteiger partial charge >= 0.3 is 6.18 Å². The SMILES string of the molecule is N#CCc1nc2ccc(C(F)(F)F)cc2c(=O)[nH]1. The standard InChI is InChI=1S/C11H6F3N3O/c12-11(13,14)6-1-2-8-7(5-6)10(18)17-9(16-8)3-4-15/h1-2,5H,3H2,(H,16,17,18). The summed E-state index contributed by atoms with van der Waals surface area (Å²) in [4.78, 5) is 17.8. The number of nitrogens with one attached hydrogen (secondary N) is 1. The summed E-state index contributed by atoms with van der Waals surface area (Å²) in [7, 11) is 0. The van der Waals surface area contributed by atoms with Gasteiger partial charge in [-0.25, -0.2) is 4.98 Å². The average Bonchev–Trinajstić information content (AvgIpc) is 2.27. The van der Waals surface area contributed by atoms with Crippen LogP contribution in [0.5, 0.6) is 0 Å². The maximum Gasteiger partial charge on any atom is 0.416 e. The number of aromatic nitrogens is 2. The van der Waals surface area contributed by atoms with Crippen molar-refractivity contribution in [3.05, 3.63) is 39.9 Å². The molecule has 1 N–H and O–H groups in total. The van der Waals surface area contributed by atoms with Crippen LogP contribution in [-0.2, 0) is 12.6 Å². The molecule has 7 heteroatoms. The van der Waals surface area contributed by atoms with Gasteiger partial charge in [0, 0.05) is 0 Å². The molecule has 1 heterocycles. The Labute approximate surface area is 98.7 Å². The summed E-state index contributed by atoms with van der Waals surface area (Å²) in [5, 5.41) is 8.33. The molecule has 1 aromatic carbocycles. The van der Waals surface area contributed by atoms with E-state index in [0.717, 1.165) is 18.2 Å². The number of rotatable bonds is 1. The first kappa shape index (κ1) is 12.1. The molecule has 0 aliphatic rings. The molecule has 18 heavy (non-hydrogen) atoms. The number of hydrogen-bond acceptors (Lipinski definition) is 3. The zero-order valence-corrected chi connectivity index (χ0v) is 8.88. The zero-order valence-electron chi connectivity index (χ0n) is 8.88. The molecule has 0 bridgehead atoms. The molecule has 92 valence electrons. The highest BCUT2D eigenvalue weighted by atomic mass is 19.4. The van der Waals surface area contributed by atoms with Crippen LogP contribution in [0.25, 0.3) is 10.9 Å². The number of benzene rings is 1. The molecule has 2 aromatic rings. The summed E-state index contributed by atoms with van der Waals surface area (Å²) in [6.07, 6.45) is -4.61. The first-order valence-corrected chi connectivity index (χ1v) is 4.89. The van der Waals surface area contributed by atoms with E-state index < -0.39 is 17.3 Å². The third-order valence-corrected chi connectivity index (χ3v) is 2.33. The lowest BCUT2D eigenvalue weighted by Gasteiger charge is -2.07. The molecule has 0 fully saturated rings. The van der Waals surface area contributed by atoms with E-state index in [2.05, 4.69) is 9.97 Å². The molecular formula is C11H6F3N3O. The largest absolute Gasteiger partial charge is 0.416 e. The van der Waals surface area contributed by atoms with Crippen molar-refractivity contribution in [3.8, 4) is 6.07 Å². The van der Waals surface area contributed by atoms with Crippen molar-refractivity contribution in [2.75, 3.05) is 0 Å². The number of nitriles is 1. The highest BCUT2D eigenvalue weighted by Crippen LogP contribution is 2.30. The molecule has 0 aliphatic heterocycles. The fourth-order valence-electron chi connectivity index (χ4n) is 1.52. The minimum Gasteiger partial charge on any atom is -0.309 e. The fourth-order valence-corrected chi connectivity index (χ4v) is 1.52. The van der Waals surface area contributed by atoms with Crippen molar-refractivity contribution in [2.24, 2.45) is 0 Å². The molecule has 0 amide bonds. The Hall–Kier alpha value is -2.36. The molecule has 0 saturated carbocycles. The van der Waals surface area contributed by atoms with Crippen molar-refractivity contribution in [1.82, 2.24) is 9.97 Å². The van der Waals surface area contributed by atoms with Crippen molar-refractivity contribution in [2.45, 2.75) is 12.6 Å². The van der Waals surface area contributed by atoms with Gasteiger partial charge in [-0.05, 0) is 18.2 Å². The van der Waals surface area contributed by atoms with Crippen LogP contribution in [0.3, 0.4) is 0 Å². The minimum atomic E-state index is -4.51. The maximum atomic E-state index is 12.5. The molecule has 0 aliphatic carbocycles. The van der Waals surface area contributed by atoms with Crippen LogP contribution in [-0.4, -0.2) is 9.97 Å². The quantitative estimate of drug-likeness (QED) is 0.845. The lowest BCUT2D eigenvalue weighted by atomic mass is 10.1. The van der Waals surface area contributed by atoms with E-state index in [0.29, 0.717) is 0 Å². The molecule has 0 saturated heterocycles. The first-order chi connectivity index (χ1) is 8.41. The van der Waals surface area contributed by atoms with Crippen molar-refractivity contribution < 1.29 is 13.2 Å². The van der Waals surface area contributed by atoms with E-state index in [9.17, 15) is 18.0 Å². The highest BCUT2D eigenvalue weighted by Gasteiger charge is 2.30. The lowest BCUT2D eigenvalue weighted by Crippen LogP contribution is -2.13. The van der Waals surface area contributed by atoms with Crippen LogP contribution in [0.4, 0.5) is 13.2 Å². The van der Waals surface area contributed by atoms with Gasteiger partial charge in [-0.3, -0.25) is 4.79 Å².